The summed E-state index contributed by atoms with van der Waals surface area (Å²) in [4.78, 5) is 0. The van der Waals surface area contributed by atoms with E-state index in [1.54, 1.807) is 0 Å². The Balaban J connectivity index is 2.04. The molecule has 0 spiro atoms. The van der Waals surface area contributed by atoms with Gasteiger partial charge in [0, 0.05) is 31.9 Å². The number of ether oxygens (including phenoxy) is 1. The maximum Gasteiger partial charge on any atom is 0.0943 e. The average molecular weight is 351 g/mol. The zero-order valence-corrected chi connectivity index (χ0v) is 13.8. The largest absolute Gasteiger partial charge is 0.389 e. The van der Waals surface area contributed by atoms with E-state index in [1.165, 1.54) is 0 Å². The molecule has 0 aliphatic carbocycles. The highest BCUT2D eigenvalue weighted by atomic mass is 35.5. The van der Waals surface area contributed by atoms with Gasteiger partial charge in [0.15, 0.2) is 0 Å². The highest BCUT2D eigenvalue weighted by molar-refractivity contribution is 6.33. The summed E-state index contributed by atoms with van der Waals surface area (Å²) in [5, 5.41) is 13.9. The molecule has 3 aromatic rings. The Labute approximate surface area is 143 Å². The van der Waals surface area contributed by atoms with E-state index in [-0.39, 0.29) is 6.04 Å². The van der Waals surface area contributed by atoms with Crippen molar-refractivity contribution < 1.29 is 9.84 Å². The van der Waals surface area contributed by atoms with E-state index >= 15 is 0 Å². The number of rotatable bonds is 1. The summed E-state index contributed by atoms with van der Waals surface area (Å²) in [6.45, 7) is 0.783. The molecule has 3 N–H and O–H groups in total. The average Bonchev–Trinajstić information content (AvgIpc) is 2.83. The minimum absolute atomic E-state index is 0.249. The normalized spacial score (nSPS) is 25.3. The lowest BCUT2D eigenvalue weighted by Gasteiger charge is -2.34. The monoisotopic (exact) mass is 350 g/mol. The fourth-order valence-electron chi connectivity index (χ4n) is 3.39. The van der Waals surface area contributed by atoms with Crippen LogP contribution in [0, 0.1) is 0 Å². The molecule has 0 saturated carbocycles. The van der Waals surface area contributed by atoms with Crippen LogP contribution in [-0.4, -0.2) is 35.0 Å². The van der Waals surface area contributed by atoms with Gasteiger partial charge < -0.3 is 20.1 Å². The Hall–Kier alpha value is -1.30. The van der Waals surface area contributed by atoms with Gasteiger partial charge >= 0.3 is 0 Å². The van der Waals surface area contributed by atoms with Crippen LogP contribution in [-0.2, 0) is 4.74 Å². The molecule has 120 valence electrons. The minimum atomic E-state index is -0.672. The predicted octanol–water partition coefficient (Wildman–Crippen LogP) is 3.36. The van der Waals surface area contributed by atoms with Gasteiger partial charge in [-0.25, -0.2) is 0 Å². The van der Waals surface area contributed by atoms with Crippen molar-refractivity contribution in [2.45, 2.75) is 18.2 Å². The minimum Gasteiger partial charge on any atom is -0.389 e. The Morgan fingerprint density at radius 2 is 1.57 bits per heavy atom. The third kappa shape index (κ3) is 2.42. The van der Waals surface area contributed by atoms with Crippen molar-refractivity contribution in [2.75, 3.05) is 13.2 Å². The molecule has 4 rings (SSSR count). The molecule has 3 atom stereocenters. The Morgan fingerprint density at radius 3 is 2.13 bits per heavy atom. The second-order valence-electron chi connectivity index (χ2n) is 5.95. The van der Waals surface area contributed by atoms with Crippen molar-refractivity contribution in [2.24, 2.45) is 5.73 Å². The molecule has 1 saturated heterocycles. The summed E-state index contributed by atoms with van der Waals surface area (Å²) in [7, 11) is 0. The fraction of sp³-hybridized carbons (Fsp3) is 0.294. The number of hydrogen-bond acceptors (Lipinski definition) is 3. The van der Waals surface area contributed by atoms with Crippen molar-refractivity contribution in [1.82, 2.24) is 4.57 Å². The molecule has 2 aromatic carbocycles. The first kappa shape index (κ1) is 15.2. The molecule has 0 amide bonds. The number of halogens is 2. The summed E-state index contributed by atoms with van der Waals surface area (Å²) >= 11 is 12.3. The van der Waals surface area contributed by atoms with Crippen LogP contribution in [0.25, 0.3) is 21.8 Å². The van der Waals surface area contributed by atoms with Gasteiger partial charge in [-0.3, -0.25) is 0 Å². The van der Waals surface area contributed by atoms with Crippen LogP contribution < -0.4 is 5.73 Å². The lowest BCUT2D eigenvalue weighted by Crippen LogP contribution is -2.49. The van der Waals surface area contributed by atoms with Crippen LogP contribution in [0.1, 0.15) is 6.04 Å². The van der Waals surface area contributed by atoms with E-state index in [0.29, 0.717) is 23.3 Å². The number of hydrogen-bond donors (Lipinski definition) is 2. The molecular formula is C17H16Cl2N2O2. The molecule has 3 unspecified atom stereocenters. The summed E-state index contributed by atoms with van der Waals surface area (Å²) in [6.07, 6.45) is -0.672. The Morgan fingerprint density at radius 1 is 1.00 bits per heavy atom. The number of nitrogens with two attached hydrogens (primary N) is 1. The summed E-state index contributed by atoms with van der Waals surface area (Å²) < 4.78 is 7.66. The zero-order chi connectivity index (χ0) is 16.1. The molecule has 6 heteroatoms. The van der Waals surface area contributed by atoms with Gasteiger partial charge in [0.05, 0.1) is 31.4 Å². The van der Waals surface area contributed by atoms with E-state index < -0.39 is 12.1 Å². The molecule has 23 heavy (non-hydrogen) atoms. The van der Waals surface area contributed by atoms with Crippen molar-refractivity contribution in [3.8, 4) is 0 Å². The number of nitrogens with zero attached hydrogens (tertiary/aromatic N) is 1. The number of fused-ring (bicyclic) bond motifs is 3. The van der Waals surface area contributed by atoms with Crippen LogP contribution in [0.15, 0.2) is 36.4 Å². The van der Waals surface area contributed by atoms with E-state index in [2.05, 4.69) is 4.57 Å². The van der Waals surface area contributed by atoms with Crippen LogP contribution in [0.4, 0.5) is 0 Å². The number of benzene rings is 2. The molecule has 4 nitrogen and oxygen atoms in total. The van der Waals surface area contributed by atoms with E-state index in [0.717, 1.165) is 21.8 Å². The maximum absolute atomic E-state index is 10.6. The molecule has 0 radical (unpaired) electrons. The summed E-state index contributed by atoms with van der Waals surface area (Å²) in [6, 6.07) is 10.8. The van der Waals surface area contributed by atoms with Crippen LogP contribution in [0.3, 0.4) is 0 Å². The zero-order valence-electron chi connectivity index (χ0n) is 12.2. The summed E-state index contributed by atoms with van der Waals surface area (Å²) in [5.41, 5.74) is 7.94. The van der Waals surface area contributed by atoms with E-state index in [9.17, 15) is 5.11 Å². The van der Waals surface area contributed by atoms with Crippen LogP contribution >= 0.6 is 23.2 Å². The molecule has 2 heterocycles. The van der Waals surface area contributed by atoms with Gasteiger partial charge in [-0.2, -0.15) is 0 Å². The topological polar surface area (TPSA) is 60.4 Å². The second-order valence-corrected chi connectivity index (χ2v) is 6.83. The third-order valence-electron chi connectivity index (χ3n) is 4.49. The second kappa shape index (κ2) is 5.65. The van der Waals surface area contributed by atoms with Crippen molar-refractivity contribution in [3.05, 3.63) is 46.4 Å². The van der Waals surface area contributed by atoms with Crippen LogP contribution in [0.5, 0.6) is 0 Å². The Bertz CT molecular complexity index is 834. The standard InChI is InChI=1S/C17H16Cl2N2O2/c18-9-1-3-14-11(5-9)12-6-10(19)2-4-15(12)21(14)16-8-23-7-13(20)17(16)22/h1-6,13,16-17,22H,7-8,20H2. The first-order valence-electron chi connectivity index (χ1n) is 7.46. The molecule has 1 aliphatic heterocycles. The van der Waals surface area contributed by atoms with Gasteiger partial charge in [-0.1, -0.05) is 23.2 Å². The molecule has 1 aromatic heterocycles. The van der Waals surface area contributed by atoms with Crippen molar-refractivity contribution in [1.29, 1.82) is 0 Å². The Kier molecular flexibility index (Phi) is 3.75. The molecular weight excluding hydrogens is 335 g/mol. The number of aromatic nitrogens is 1. The highest BCUT2D eigenvalue weighted by Gasteiger charge is 2.33. The first-order chi connectivity index (χ1) is 11.1. The highest BCUT2D eigenvalue weighted by Crippen LogP contribution is 2.36. The maximum atomic E-state index is 10.6. The predicted molar refractivity (Wildman–Crippen MR) is 93.3 cm³/mol. The molecule has 0 bridgehead atoms. The number of aliphatic hydroxyl groups excluding tert-OH is 1. The lowest BCUT2D eigenvalue weighted by molar-refractivity contribution is -0.0416. The summed E-state index contributed by atoms with van der Waals surface area (Å²) in [5.74, 6) is 0. The lowest BCUT2D eigenvalue weighted by atomic mass is 10.0. The molecule has 1 aliphatic rings. The van der Waals surface area contributed by atoms with Crippen molar-refractivity contribution in [3.63, 3.8) is 0 Å². The van der Waals surface area contributed by atoms with Gasteiger partial charge in [-0.15, -0.1) is 0 Å². The van der Waals surface area contributed by atoms with Gasteiger partial charge in [0.25, 0.3) is 0 Å². The van der Waals surface area contributed by atoms with E-state index in [4.69, 9.17) is 33.7 Å². The first-order valence-corrected chi connectivity index (χ1v) is 8.22. The van der Waals surface area contributed by atoms with Gasteiger partial charge in [0.2, 0.25) is 0 Å². The van der Waals surface area contributed by atoms with Gasteiger partial charge in [0.1, 0.15) is 0 Å². The van der Waals surface area contributed by atoms with Gasteiger partial charge in [-0.05, 0) is 36.4 Å². The SMILES string of the molecule is NC1COCC(n2c3ccc(Cl)cc3c3cc(Cl)ccc32)C1O. The third-order valence-corrected chi connectivity index (χ3v) is 4.96. The quantitative estimate of drug-likeness (QED) is 0.707. The fourth-order valence-corrected chi connectivity index (χ4v) is 3.73. The smallest absolute Gasteiger partial charge is 0.0943 e. The molecule has 1 fully saturated rings. The van der Waals surface area contributed by atoms with E-state index in [1.807, 2.05) is 36.4 Å². The van der Waals surface area contributed by atoms with Crippen LogP contribution in [0.2, 0.25) is 10.0 Å². The van der Waals surface area contributed by atoms with Crippen molar-refractivity contribution >= 4 is 45.0 Å². The number of aliphatic hydroxyl groups is 1.